The average molecular weight is 300 g/mol. The van der Waals surface area contributed by atoms with Gasteiger partial charge in [-0.15, -0.1) is 0 Å². The van der Waals surface area contributed by atoms with Crippen molar-refractivity contribution >= 4 is 23.2 Å². The van der Waals surface area contributed by atoms with Crippen molar-refractivity contribution in [2.24, 2.45) is 0 Å². The molecule has 0 heterocycles. The smallest absolute Gasteiger partial charge is 0.0441 e. The maximum atomic E-state index is 6.30. The van der Waals surface area contributed by atoms with Gasteiger partial charge in [-0.2, -0.15) is 0 Å². The summed E-state index contributed by atoms with van der Waals surface area (Å²) >= 11 is 12.4. The molecule has 1 unspecified atom stereocenters. The van der Waals surface area contributed by atoms with Gasteiger partial charge in [0.25, 0.3) is 0 Å². The Morgan fingerprint density at radius 3 is 2.53 bits per heavy atom. The summed E-state index contributed by atoms with van der Waals surface area (Å²) in [7, 11) is 0. The molecule has 1 fully saturated rings. The second-order valence-electron chi connectivity index (χ2n) is 5.69. The summed E-state index contributed by atoms with van der Waals surface area (Å²) in [6.45, 7) is 4.50. The number of benzene rings is 1. The zero-order valence-corrected chi connectivity index (χ0v) is 13.3. The molecular weight excluding hydrogens is 277 g/mol. The molecule has 1 saturated carbocycles. The molecule has 0 spiro atoms. The fraction of sp³-hybridized carbons (Fsp3) is 0.625. The van der Waals surface area contributed by atoms with E-state index in [9.17, 15) is 0 Å². The number of nitrogens with one attached hydrogen (secondary N) is 1. The standard InChI is InChI=1S/C16H23Cl2N/c1-3-11(2)19-14-7-4-12(5-8-14)15-10-13(17)6-9-16(15)18/h6,9-12,14,19H,3-5,7-8H2,1-2H3. The summed E-state index contributed by atoms with van der Waals surface area (Å²) in [5.74, 6) is 0.571. The van der Waals surface area contributed by atoms with Crippen LogP contribution in [0.25, 0.3) is 0 Å². The molecule has 0 saturated heterocycles. The van der Waals surface area contributed by atoms with Crippen LogP contribution in [0.15, 0.2) is 18.2 Å². The van der Waals surface area contributed by atoms with Gasteiger partial charge in [0.1, 0.15) is 0 Å². The van der Waals surface area contributed by atoms with Crippen molar-refractivity contribution in [1.29, 1.82) is 0 Å². The maximum absolute atomic E-state index is 6.30. The van der Waals surface area contributed by atoms with E-state index in [-0.39, 0.29) is 0 Å². The highest BCUT2D eigenvalue weighted by molar-refractivity contribution is 6.33. The number of hydrogen-bond donors (Lipinski definition) is 1. The predicted molar refractivity (Wildman–Crippen MR) is 84.3 cm³/mol. The number of halogens is 2. The predicted octanol–water partition coefficient (Wildman–Crippen LogP) is 5.41. The molecule has 1 N–H and O–H groups in total. The fourth-order valence-electron chi connectivity index (χ4n) is 2.92. The quantitative estimate of drug-likeness (QED) is 0.784. The summed E-state index contributed by atoms with van der Waals surface area (Å²) in [4.78, 5) is 0. The first kappa shape index (κ1) is 15.2. The van der Waals surface area contributed by atoms with Crippen LogP contribution in [0.3, 0.4) is 0 Å². The van der Waals surface area contributed by atoms with Crippen LogP contribution in [0.4, 0.5) is 0 Å². The van der Waals surface area contributed by atoms with E-state index in [1.165, 1.54) is 37.7 Å². The molecule has 2 rings (SSSR count). The Bertz CT molecular complexity index is 411. The summed E-state index contributed by atoms with van der Waals surface area (Å²) < 4.78 is 0. The van der Waals surface area contributed by atoms with Gasteiger partial charge in [0.05, 0.1) is 0 Å². The summed E-state index contributed by atoms with van der Waals surface area (Å²) in [5.41, 5.74) is 1.23. The van der Waals surface area contributed by atoms with E-state index in [1.807, 2.05) is 18.2 Å². The lowest BCUT2D eigenvalue weighted by Crippen LogP contribution is -2.38. The second kappa shape index (κ2) is 6.97. The second-order valence-corrected chi connectivity index (χ2v) is 6.53. The van der Waals surface area contributed by atoms with E-state index in [4.69, 9.17) is 23.2 Å². The van der Waals surface area contributed by atoms with Crippen molar-refractivity contribution in [1.82, 2.24) is 5.32 Å². The molecule has 0 radical (unpaired) electrons. The van der Waals surface area contributed by atoms with Gasteiger partial charge >= 0.3 is 0 Å². The Labute approximate surface area is 126 Å². The van der Waals surface area contributed by atoms with Crippen LogP contribution in [0, 0.1) is 0 Å². The van der Waals surface area contributed by atoms with Crippen LogP contribution in [0.5, 0.6) is 0 Å². The van der Waals surface area contributed by atoms with Gasteiger partial charge in [-0.1, -0.05) is 30.1 Å². The molecule has 1 atom stereocenters. The third kappa shape index (κ3) is 4.11. The van der Waals surface area contributed by atoms with Crippen molar-refractivity contribution in [3.05, 3.63) is 33.8 Å². The van der Waals surface area contributed by atoms with Gasteiger partial charge in [-0.05, 0) is 68.7 Å². The van der Waals surface area contributed by atoms with E-state index in [1.54, 1.807) is 0 Å². The molecule has 0 bridgehead atoms. The highest BCUT2D eigenvalue weighted by Crippen LogP contribution is 2.37. The highest BCUT2D eigenvalue weighted by Gasteiger charge is 2.24. The van der Waals surface area contributed by atoms with Gasteiger partial charge in [0.2, 0.25) is 0 Å². The monoisotopic (exact) mass is 299 g/mol. The molecule has 0 aliphatic heterocycles. The molecule has 19 heavy (non-hydrogen) atoms. The Morgan fingerprint density at radius 2 is 1.89 bits per heavy atom. The van der Waals surface area contributed by atoms with Gasteiger partial charge in [0.15, 0.2) is 0 Å². The normalized spacial score (nSPS) is 25.3. The zero-order valence-electron chi connectivity index (χ0n) is 11.8. The minimum Gasteiger partial charge on any atom is -0.312 e. The Morgan fingerprint density at radius 1 is 1.21 bits per heavy atom. The van der Waals surface area contributed by atoms with E-state index in [0.29, 0.717) is 18.0 Å². The molecule has 3 heteroatoms. The van der Waals surface area contributed by atoms with Crippen molar-refractivity contribution < 1.29 is 0 Å². The maximum Gasteiger partial charge on any atom is 0.0441 e. The fourth-order valence-corrected chi connectivity index (χ4v) is 3.37. The van der Waals surface area contributed by atoms with Gasteiger partial charge in [0, 0.05) is 22.1 Å². The molecular formula is C16H23Cl2N. The Balaban J connectivity index is 1.94. The van der Waals surface area contributed by atoms with E-state index in [0.717, 1.165) is 10.0 Å². The van der Waals surface area contributed by atoms with Crippen molar-refractivity contribution in [2.45, 2.75) is 64.0 Å². The van der Waals surface area contributed by atoms with Crippen LogP contribution in [0.2, 0.25) is 10.0 Å². The van der Waals surface area contributed by atoms with Crippen LogP contribution >= 0.6 is 23.2 Å². The van der Waals surface area contributed by atoms with E-state index in [2.05, 4.69) is 19.2 Å². The molecule has 0 amide bonds. The van der Waals surface area contributed by atoms with Crippen molar-refractivity contribution in [3.63, 3.8) is 0 Å². The minimum atomic E-state index is 0.571. The first-order chi connectivity index (χ1) is 9.10. The molecule has 0 aromatic heterocycles. The Hall–Kier alpha value is -0.240. The third-order valence-corrected chi connectivity index (χ3v) is 4.84. The first-order valence-corrected chi connectivity index (χ1v) is 8.06. The molecule has 106 valence electrons. The largest absolute Gasteiger partial charge is 0.312 e. The van der Waals surface area contributed by atoms with E-state index >= 15 is 0 Å². The highest BCUT2D eigenvalue weighted by atomic mass is 35.5. The van der Waals surface area contributed by atoms with Crippen LogP contribution in [0.1, 0.15) is 57.4 Å². The Kier molecular flexibility index (Phi) is 5.56. The van der Waals surface area contributed by atoms with Crippen molar-refractivity contribution in [2.75, 3.05) is 0 Å². The van der Waals surface area contributed by atoms with Crippen LogP contribution in [-0.2, 0) is 0 Å². The first-order valence-electron chi connectivity index (χ1n) is 7.31. The average Bonchev–Trinajstić information content (AvgIpc) is 2.42. The summed E-state index contributed by atoms with van der Waals surface area (Å²) in [6, 6.07) is 7.11. The van der Waals surface area contributed by atoms with Crippen LogP contribution in [-0.4, -0.2) is 12.1 Å². The molecule has 1 aromatic rings. The van der Waals surface area contributed by atoms with Gasteiger partial charge in [-0.3, -0.25) is 0 Å². The zero-order chi connectivity index (χ0) is 13.8. The third-order valence-electron chi connectivity index (χ3n) is 4.26. The minimum absolute atomic E-state index is 0.571. The lowest BCUT2D eigenvalue weighted by Gasteiger charge is -2.31. The molecule has 1 aromatic carbocycles. The number of rotatable bonds is 4. The SMILES string of the molecule is CCC(C)NC1CCC(c2cc(Cl)ccc2Cl)CC1. The van der Waals surface area contributed by atoms with E-state index < -0.39 is 0 Å². The molecule has 1 aliphatic rings. The van der Waals surface area contributed by atoms with Gasteiger partial charge < -0.3 is 5.32 Å². The lowest BCUT2D eigenvalue weighted by molar-refractivity contribution is 0.317. The molecule has 1 aliphatic carbocycles. The topological polar surface area (TPSA) is 12.0 Å². The number of hydrogen-bond acceptors (Lipinski definition) is 1. The van der Waals surface area contributed by atoms with Gasteiger partial charge in [-0.25, -0.2) is 0 Å². The summed E-state index contributed by atoms with van der Waals surface area (Å²) in [5, 5.41) is 5.36. The van der Waals surface area contributed by atoms with Crippen molar-refractivity contribution in [3.8, 4) is 0 Å². The molecule has 1 nitrogen and oxygen atoms in total. The lowest BCUT2D eigenvalue weighted by atomic mass is 9.81. The summed E-state index contributed by atoms with van der Waals surface area (Å²) in [6.07, 6.45) is 6.07. The van der Waals surface area contributed by atoms with Crippen LogP contribution < -0.4 is 5.32 Å².